The molecule has 2 aliphatic rings. The molecule has 1 aliphatic heterocycles. The second kappa shape index (κ2) is 6.27. The maximum Gasteiger partial charge on any atom is 0.237 e. The number of likely N-dealkylation sites (N-methyl/N-ethyl adjacent to an activating group) is 1. The SMILES string of the molecule is C=C(CC)C1=CCN(C)C(=O)C2(CC/C(=C\c3ccco3)C2=O)C1. The van der Waals surface area contributed by atoms with E-state index >= 15 is 0 Å². The summed E-state index contributed by atoms with van der Waals surface area (Å²) < 4.78 is 5.32. The molecule has 24 heavy (non-hydrogen) atoms. The summed E-state index contributed by atoms with van der Waals surface area (Å²) in [5, 5.41) is 0. The van der Waals surface area contributed by atoms with E-state index < -0.39 is 5.41 Å². The zero-order valence-corrected chi connectivity index (χ0v) is 14.3. The molecular weight excluding hydrogens is 302 g/mol. The van der Waals surface area contributed by atoms with E-state index in [4.69, 9.17) is 4.42 Å². The van der Waals surface area contributed by atoms with Crippen LogP contribution in [0.3, 0.4) is 0 Å². The zero-order chi connectivity index (χ0) is 17.3. The van der Waals surface area contributed by atoms with Crippen LogP contribution >= 0.6 is 0 Å². The maximum absolute atomic E-state index is 13.2. The van der Waals surface area contributed by atoms with Crippen LogP contribution in [0.25, 0.3) is 6.08 Å². The molecule has 1 amide bonds. The van der Waals surface area contributed by atoms with Crippen LogP contribution in [0, 0.1) is 5.41 Å². The standard InChI is InChI=1S/C20H23NO3/c1-4-14(2)16-8-10-21(3)19(23)20(13-16)9-7-15(18(20)22)12-17-6-5-11-24-17/h5-6,8,11-12H,2,4,7,9-10,13H2,1,3H3/b15-12+. The molecule has 0 N–H and O–H groups in total. The van der Waals surface area contributed by atoms with Gasteiger partial charge < -0.3 is 9.32 Å². The van der Waals surface area contributed by atoms with Crippen molar-refractivity contribution in [3.63, 3.8) is 0 Å². The summed E-state index contributed by atoms with van der Waals surface area (Å²) in [7, 11) is 1.76. The molecule has 0 radical (unpaired) electrons. The molecule has 126 valence electrons. The summed E-state index contributed by atoms with van der Waals surface area (Å²) in [4.78, 5) is 27.8. The number of furan rings is 1. The molecule has 1 aliphatic carbocycles. The first-order valence-electron chi connectivity index (χ1n) is 8.39. The van der Waals surface area contributed by atoms with Gasteiger partial charge in [0.15, 0.2) is 5.78 Å². The summed E-state index contributed by atoms with van der Waals surface area (Å²) in [6.45, 7) is 6.68. The molecule has 1 aromatic heterocycles. The van der Waals surface area contributed by atoms with Gasteiger partial charge in [-0.15, -0.1) is 0 Å². The van der Waals surface area contributed by atoms with Crippen molar-refractivity contribution in [1.82, 2.24) is 4.90 Å². The van der Waals surface area contributed by atoms with Gasteiger partial charge >= 0.3 is 0 Å². The van der Waals surface area contributed by atoms with Crippen LogP contribution in [0.4, 0.5) is 0 Å². The van der Waals surface area contributed by atoms with E-state index in [2.05, 4.69) is 6.58 Å². The van der Waals surface area contributed by atoms with Crippen molar-refractivity contribution in [2.24, 2.45) is 5.41 Å². The van der Waals surface area contributed by atoms with Gasteiger partial charge in [0.05, 0.1) is 6.26 Å². The molecule has 1 unspecified atom stereocenters. The number of rotatable bonds is 3. The van der Waals surface area contributed by atoms with Crippen molar-refractivity contribution in [2.45, 2.75) is 32.6 Å². The lowest BCUT2D eigenvalue weighted by molar-refractivity contribution is -0.145. The lowest BCUT2D eigenvalue weighted by Crippen LogP contribution is -2.44. The Labute approximate surface area is 142 Å². The highest BCUT2D eigenvalue weighted by molar-refractivity contribution is 6.17. The van der Waals surface area contributed by atoms with Gasteiger partial charge in [0.1, 0.15) is 11.2 Å². The van der Waals surface area contributed by atoms with E-state index in [1.165, 1.54) is 0 Å². The average molecular weight is 325 g/mol. The van der Waals surface area contributed by atoms with Crippen LogP contribution in [-0.2, 0) is 9.59 Å². The van der Waals surface area contributed by atoms with Crippen molar-refractivity contribution < 1.29 is 14.0 Å². The summed E-state index contributed by atoms with van der Waals surface area (Å²) in [6.07, 6.45) is 7.83. The Morgan fingerprint density at radius 1 is 1.46 bits per heavy atom. The molecular formula is C20H23NO3. The fourth-order valence-corrected chi connectivity index (χ4v) is 3.60. The molecule has 4 nitrogen and oxygen atoms in total. The Balaban J connectivity index is 1.98. The summed E-state index contributed by atoms with van der Waals surface area (Å²) >= 11 is 0. The van der Waals surface area contributed by atoms with Gasteiger partial charge in [-0.1, -0.05) is 25.2 Å². The maximum atomic E-state index is 13.2. The summed E-state index contributed by atoms with van der Waals surface area (Å²) in [5.74, 6) is 0.511. The number of hydrogen-bond donors (Lipinski definition) is 0. The van der Waals surface area contributed by atoms with Crippen molar-refractivity contribution in [2.75, 3.05) is 13.6 Å². The minimum atomic E-state index is -0.979. The van der Waals surface area contributed by atoms with Gasteiger partial charge in [0.25, 0.3) is 0 Å². The lowest BCUT2D eigenvalue weighted by Gasteiger charge is -2.28. The van der Waals surface area contributed by atoms with E-state index in [0.29, 0.717) is 37.1 Å². The second-order valence-electron chi connectivity index (χ2n) is 6.65. The number of ketones is 1. The van der Waals surface area contributed by atoms with Crippen molar-refractivity contribution in [3.8, 4) is 0 Å². The van der Waals surface area contributed by atoms with E-state index in [9.17, 15) is 9.59 Å². The number of allylic oxidation sites excluding steroid dienone is 3. The topological polar surface area (TPSA) is 50.5 Å². The Kier molecular flexibility index (Phi) is 4.31. The molecule has 0 saturated heterocycles. The van der Waals surface area contributed by atoms with Crippen molar-refractivity contribution in [1.29, 1.82) is 0 Å². The molecule has 1 atom stereocenters. The third-order valence-corrected chi connectivity index (χ3v) is 5.15. The van der Waals surface area contributed by atoms with E-state index in [1.54, 1.807) is 30.4 Å². The predicted molar refractivity (Wildman–Crippen MR) is 93.1 cm³/mol. The fraction of sp³-hybridized carbons (Fsp3) is 0.400. The largest absolute Gasteiger partial charge is 0.465 e. The van der Waals surface area contributed by atoms with Crippen molar-refractivity contribution >= 4 is 17.8 Å². The Morgan fingerprint density at radius 2 is 2.25 bits per heavy atom. The third kappa shape index (κ3) is 2.66. The van der Waals surface area contributed by atoms with Gasteiger partial charge in [0, 0.05) is 19.2 Å². The molecule has 2 heterocycles. The normalized spacial score (nSPS) is 26.2. The highest BCUT2D eigenvalue weighted by Crippen LogP contribution is 2.47. The first-order valence-corrected chi connectivity index (χ1v) is 8.39. The van der Waals surface area contributed by atoms with Gasteiger partial charge in [0.2, 0.25) is 5.91 Å². The monoisotopic (exact) mass is 325 g/mol. The van der Waals surface area contributed by atoms with Gasteiger partial charge in [-0.05, 0) is 49.5 Å². The number of Topliss-reactive ketones (excluding diaryl/α,β-unsaturated/α-hetero) is 1. The fourth-order valence-electron chi connectivity index (χ4n) is 3.60. The number of amides is 1. The smallest absolute Gasteiger partial charge is 0.237 e. The molecule has 1 aromatic rings. The molecule has 1 spiro atoms. The number of hydrogen-bond acceptors (Lipinski definition) is 3. The Bertz CT molecular complexity index is 739. The number of carbonyl (C=O) groups is 2. The van der Waals surface area contributed by atoms with Gasteiger partial charge in [-0.2, -0.15) is 0 Å². The minimum Gasteiger partial charge on any atom is -0.465 e. The van der Waals surface area contributed by atoms with Crippen LogP contribution in [0.5, 0.6) is 0 Å². The first-order chi connectivity index (χ1) is 11.5. The molecule has 1 saturated carbocycles. The van der Waals surface area contributed by atoms with Crippen LogP contribution in [-0.4, -0.2) is 30.2 Å². The average Bonchev–Trinajstić information content (AvgIpc) is 3.17. The van der Waals surface area contributed by atoms with Crippen LogP contribution in [0.15, 0.2) is 52.2 Å². The van der Waals surface area contributed by atoms with Gasteiger partial charge in [-0.3, -0.25) is 9.59 Å². The van der Waals surface area contributed by atoms with E-state index in [-0.39, 0.29) is 11.7 Å². The van der Waals surface area contributed by atoms with Crippen LogP contribution < -0.4 is 0 Å². The second-order valence-corrected chi connectivity index (χ2v) is 6.65. The van der Waals surface area contributed by atoms with Gasteiger partial charge in [-0.25, -0.2) is 0 Å². The molecule has 0 bridgehead atoms. The lowest BCUT2D eigenvalue weighted by atomic mass is 9.76. The summed E-state index contributed by atoms with van der Waals surface area (Å²) in [5.41, 5.74) is 1.75. The highest BCUT2D eigenvalue weighted by atomic mass is 16.3. The zero-order valence-electron chi connectivity index (χ0n) is 14.3. The minimum absolute atomic E-state index is 0.0625. The molecule has 1 fully saturated rings. The van der Waals surface area contributed by atoms with Crippen molar-refractivity contribution in [3.05, 3.63) is 53.5 Å². The molecule has 0 aromatic carbocycles. The predicted octanol–water partition coefficient (Wildman–Crippen LogP) is 3.77. The molecule has 3 rings (SSSR count). The quantitative estimate of drug-likeness (QED) is 0.628. The van der Waals surface area contributed by atoms with Crippen LogP contribution in [0.1, 0.15) is 38.4 Å². The number of carbonyl (C=O) groups excluding carboxylic acids is 2. The third-order valence-electron chi connectivity index (χ3n) is 5.15. The molecule has 4 heteroatoms. The first kappa shape index (κ1) is 16.5. The summed E-state index contributed by atoms with van der Waals surface area (Å²) in [6, 6.07) is 3.61. The van der Waals surface area contributed by atoms with Crippen LogP contribution in [0.2, 0.25) is 0 Å². The highest BCUT2D eigenvalue weighted by Gasteiger charge is 2.53. The Morgan fingerprint density at radius 3 is 2.92 bits per heavy atom. The Hall–Kier alpha value is -2.36. The van der Waals surface area contributed by atoms with E-state index in [1.807, 2.05) is 19.1 Å². The van der Waals surface area contributed by atoms with E-state index in [0.717, 1.165) is 17.6 Å². The number of nitrogens with zero attached hydrogens (tertiary/aromatic N) is 1.